The molecule has 0 spiro atoms. The number of unbranched alkanes of at least 4 members (excludes halogenated alkanes) is 1. The number of allylic oxidation sites excluding steroid dienone is 1. The van der Waals surface area contributed by atoms with Gasteiger partial charge in [0.1, 0.15) is 0 Å². The van der Waals surface area contributed by atoms with Gasteiger partial charge < -0.3 is 19.7 Å². The van der Waals surface area contributed by atoms with Gasteiger partial charge in [0.15, 0.2) is 5.96 Å². The van der Waals surface area contributed by atoms with Crippen LogP contribution < -0.4 is 5.32 Å². The highest BCUT2D eigenvalue weighted by molar-refractivity contribution is 5.79. The molecule has 0 aliphatic carbocycles. The molecule has 1 aliphatic rings. The molecule has 1 N–H and O–H groups in total. The van der Waals surface area contributed by atoms with Gasteiger partial charge in [-0.1, -0.05) is 6.08 Å². The summed E-state index contributed by atoms with van der Waals surface area (Å²) >= 11 is 0. The maximum atomic E-state index is 5.77. The molecule has 1 fully saturated rings. The fourth-order valence-corrected chi connectivity index (χ4v) is 2.50. The second-order valence-electron chi connectivity index (χ2n) is 5.81. The fraction of sp³-hybridized carbons (Fsp3) is 0.824. The van der Waals surface area contributed by atoms with Crippen LogP contribution in [0.5, 0.6) is 0 Å². The van der Waals surface area contributed by atoms with Crippen molar-refractivity contribution in [3.8, 4) is 0 Å². The van der Waals surface area contributed by atoms with Crippen LogP contribution in [0.1, 0.15) is 32.1 Å². The molecular formula is C17H33N3O2. The van der Waals surface area contributed by atoms with Crippen molar-refractivity contribution in [3.63, 3.8) is 0 Å². The lowest BCUT2D eigenvalue weighted by Crippen LogP contribution is -2.40. The Bertz CT molecular complexity index is 315. The molecule has 0 bridgehead atoms. The third-order valence-electron chi connectivity index (χ3n) is 3.92. The summed E-state index contributed by atoms with van der Waals surface area (Å²) in [4.78, 5) is 6.47. The van der Waals surface area contributed by atoms with E-state index in [1.165, 1.54) is 0 Å². The number of aliphatic imine (C=N–C) groups is 1. The zero-order valence-corrected chi connectivity index (χ0v) is 14.4. The highest BCUT2D eigenvalue weighted by atomic mass is 16.5. The Kier molecular flexibility index (Phi) is 10.8. The number of hydrogen-bond acceptors (Lipinski definition) is 3. The maximum Gasteiger partial charge on any atom is 0.193 e. The van der Waals surface area contributed by atoms with E-state index in [-0.39, 0.29) is 0 Å². The molecule has 0 atom stereocenters. The van der Waals surface area contributed by atoms with Crippen molar-refractivity contribution in [1.29, 1.82) is 0 Å². The maximum absolute atomic E-state index is 5.77. The zero-order chi connectivity index (χ0) is 16.0. The van der Waals surface area contributed by atoms with Crippen molar-refractivity contribution in [2.24, 2.45) is 10.9 Å². The first-order valence-corrected chi connectivity index (χ1v) is 8.46. The minimum absolute atomic E-state index is 0.686. The molecule has 1 rings (SSSR count). The molecule has 0 unspecified atom stereocenters. The highest BCUT2D eigenvalue weighted by Crippen LogP contribution is 2.14. The number of ether oxygens (including phenoxy) is 2. The van der Waals surface area contributed by atoms with E-state index >= 15 is 0 Å². The molecule has 5 nitrogen and oxygen atoms in total. The van der Waals surface area contributed by atoms with E-state index in [4.69, 9.17) is 9.47 Å². The van der Waals surface area contributed by atoms with E-state index in [1.807, 2.05) is 13.1 Å². The Balaban J connectivity index is 2.02. The molecule has 128 valence electrons. The van der Waals surface area contributed by atoms with E-state index in [9.17, 15) is 0 Å². The van der Waals surface area contributed by atoms with E-state index in [0.29, 0.717) is 5.92 Å². The molecular weight excluding hydrogens is 278 g/mol. The largest absolute Gasteiger partial charge is 0.381 e. The van der Waals surface area contributed by atoms with Crippen LogP contribution >= 0.6 is 0 Å². The van der Waals surface area contributed by atoms with Crippen molar-refractivity contribution in [2.45, 2.75) is 32.1 Å². The number of guanidine groups is 1. The summed E-state index contributed by atoms with van der Waals surface area (Å²) in [7, 11) is 3.90. The molecule has 1 heterocycles. The zero-order valence-electron chi connectivity index (χ0n) is 14.4. The molecule has 1 aliphatic heterocycles. The molecule has 0 aromatic heterocycles. The third kappa shape index (κ3) is 8.39. The summed E-state index contributed by atoms with van der Waals surface area (Å²) in [5.41, 5.74) is 0. The van der Waals surface area contributed by atoms with Gasteiger partial charge in [0.2, 0.25) is 0 Å². The van der Waals surface area contributed by atoms with Crippen LogP contribution in [-0.2, 0) is 9.47 Å². The molecule has 0 amide bonds. The quantitative estimate of drug-likeness (QED) is 0.291. The van der Waals surface area contributed by atoms with Gasteiger partial charge in [-0.05, 0) is 38.0 Å². The SMILES string of the molecule is C=CCCCN(C)C(=NC)NCCCOCC1CCOCC1. The summed E-state index contributed by atoms with van der Waals surface area (Å²) in [6.07, 6.45) is 7.39. The summed E-state index contributed by atoms with van der Waals surface area (Å²) in [6, 6.07) is 0. The number of nitrogens with one attached hydrogen (secondary N) is 1. The lowest BCUT2D eigenvalue weighted by atomic mass is 10.0. The monoisotopic (exact) mass is 311 g/mol. The van der Waals surface area contributed by atoms with Gasteiger partial charge in [0, 0.05) is 53.6 Å². The fourth-order valence-electron chi connectivity index (χ4n) is 2.50. The Morgan fingerprint density at radius 1 is 1.41 bits per heavy atom. The molecule has 5 heteroatoms. The lowest BCUT2D eigenvalue weighted by Gasteiger charge is -2.22. The average Bonchev–Trinajstić information content (AvgIpc) is 2.55. The second kappa shape index (κ2) is 12.5. The number of hydrogen-bond donors (Lipinski definition) is 1. The Hall–Kier alpha value is -1.07. The molecule has 0 aromatic carbocycles. The minimum atomic E-state index is 0.686. The first-order valence-electron chi connectivity index (χ1n) is 8.46. The number of nitrogens with zero attached hydrogens (tertiary/aromatic N) is 2. The van der Waals surface area contributed by atoms with Gasteiger partial charge >= 0.3 is 0 Å². The first-order chi connectivity index (χ1) is 10.8. The van der Waals surface area contributed by atoms with Gasteiger partial charge in [-0.15, -0.1) is 6.58 Å². The third-order valence-corrected chi connectivity index (χ3v) is 3.92. The Morgan fingerprint density at radius 3 is 2.86 bits per heavy atom. The van der Waals surface area contributed by atoms with E-state index in [2.05, 4.69) is 28.8 Å². The number of rotatable bonds is 10. The minimum Gasteiger partial charge on any atom is -0.381 e. The van der Waals surface area contributed by atoms with Crippen LogP contribution in [0.2, 0.25) is 0 Å². The summed E-state index contributed by atoms with van der Waals surface area (Å²) in [6.45, 7) is 9.10. The Labute approximate surface area is 135 Å². The van der Waals surface area contributed by atoms with Crippen molar-refractivity contribution in [1.82, 2.24) is 10.2 Å². The lowest BCUT2D eigenvalue weighted by molar-refractivity contribution is 0.0203. The predicted molar refractivity (Wildman–Crippen MR) is 92.4 cm³/mol. The van der Waals surface area contributed by atoms with Gasteiger partial charge in [-0.25, -0.2) is 0 Å². The second-order valence-corrected chi connectivity index (χ2v) is 5.81. The van der Waals surface area contributed by atoms with Crippen LogP contribution in [0.4, 0.5) is 0 Å². The van der Waals surface area contributed by atoms with Crippen LogP contribution in [0.3, 0.4) is 0 Å². The Morgan fingerprint density at radius 2 is 2.18 bits per heavy atom. The van der Waals surface area contributed by atoms with Crippen molar-refractivity contribution in [2.75, 3.05) is 53.6 Å². The van der Waals surface area contributed by atoms with Gasteiger partial charge in [0.05, 0.1) is 0 Å². The summed E-state index contributed by atoms with van der Waals surface area (Å²) in [5.74, 6) is 1.64. The standard InChI is InChI=1S/C17H33N3O2/c1-4-5-6-11-20(3)17(18-2)19-10-7-12-22-15-16-8-13-21-14-9-16/h4,16H,1,5-15H2,2-3H3,(H,18,19). The molecule has 0 radical (unpaired) electrons. The van der Waals surface area contributed by atoms with Crippen LogP contribution in [0, 0.1) is 5.92 Å². The van der Waals surface area contributed by atoms with E-state index < -0.39 is 0 Å². The smallest absolute Gasteiger partial charge is 0.193 e. The highest BCUT2D eigenvalue weighted by Gasteiger charge is 2.13. The van der Waals surface area contributed by atoms with Crippen molar-refractivity contribution >= 4 is 5.96 Å². The molecule has 22 heavy (non-hydrogen) atoms. The first kappa shape index (κ1) is 19.0. The van der Waals surface area contributed by atoms with Crippen LogP contribution in [-0.4, -0.2) is 64.5 Å². The van der Waals surface area contributed by atoms with Crippen molar-refractivity contribution in [3.05, 3.63) is 12.7 Å². The van der Waals surface area contributed by atoms with Gasteiger partial charge in [0.25, 0.3) is 0 Å². The van der Waals surface area contributed by atoms with E-state index in [1.54, 1.807) is 0 Å². The topological polar surface area (TPSA) is 46.1 Å². The van der Waals surface area contributed by atoms with Crippen LogP contribution in [0.25, 0.3) is 0 Å². The van der Waals surface area contributed by atoms with Gasteiger partial charge in [-0.3, -0.25) is 4.99 Å². The summed E-state index contributed by atoms with van der Waals surface area (Å²) in [5, 5.41) is 3.38. The average molecular weight is 311 g/mol. The molecule has 0 saturated carbocycles. The summed E-state index contributed by atoms with van der Waals surface area (Å²) < 4.78 is 11.1. The predicted octanol–water partition coefficient (Wildman–Crippen LogP) is 2.29. The van der Waals surface area contributed by atoms with Crippen molar-refractivity contribution < 1.29 is 9.47 Å². The molecule has 1 saturated heterocycles. The van der Waals surface area contributed by atoms with Crippen LogP contribution in [0.15, 0.2) is 17.6 Å². The molecule has 0 aromatic rings. The normalized spacial score (nSPS) is 16.5. The van der Waals surface area contributed by atoms with Gasteiger partial charge in [-0.2, -0.15) is 0 Å². The van der Waals surface area contributed by atoms with E-state index in [0.717, 1.165) is 77.6 Å².